The highest BCUT2D eigenvalue weighted by atomic mass is 19.4. The zero-order valence-electron chi connectivity index (χ0n) is 8.70. The summed E-state index contributed by atoms with van der Waals surface area (Å²) in [7, 11) is 0. The molecule has 2 rings (SSSR count). The number of alkyl halides is 3. The van der Waals surface area contributed by atoms with Crippen LogP contribution in [0.5, 0.6) is 0 Å². The van der Waals surface area contributed by atoms with Crippen molar-refractivity contribution < 1.29 is 22.6 Å². The fourth-order valence-corrected chi connectivity index (χ4v) is 1.45. The molecule has 2 atom stereocenters. The largest absolute Gasteiger partial charge is 0.472 e. The molecule has 1 aromatic carbocycles. The summed E-state index contributed by atoms with van der Waals surface area (Å²) in [5.74, 6) is -1.68. The first-order chi connectivity index (χ1) is 7.98. The van der Waals surface area contributed by atoms with Crippen molar-refractivity contribution in [2.45, 2.75) is 18.4 Å². The van der Waals surface area contributed by atoms with Gasteiger partial charge in [-0.25, -0.2) is 0 Å². The van der Waals surface area contributed by atoms with E-state index in [9.17, 15) is 13.2 Å². The van der Waals surface area contributed by atoms with Gasteiger partial charge in [0, 0.05) is 0 Å². The first-order valence-electron chi connectivity index (χ1n) is 4.97. The van der Waals surface area contributed by atoms with E-state index in [1.165, 1.54) is 0 Å². The van der Waals surface area contributed by atoms with Gasteiger partial charge in [0.15, 0.2) is 0 Å². The topological polar surface area (TPSA) is 45.6 Å². The summed E-state index contributed by atoms with van der Waals surface area (Å²) in [5, 5.41) is 6.63. The van der Waals surface area contributed by atoms with Crippen LogP contribution in [0.3, 0.4) is 0 Å². The van der Waals surface area contributed by atoms with Crippen molar-refractivity contribution in [2.24, 2.45) is 0 Å². The molecule has 0 saturated carbocycles. The number of ether oxygens (including phenoxy) is 2. The lowest BCUT2D eigenvalue weighted by Gasteiger charge is -2.08. The summed E-state index contributed by atoms with van der Waals surface area (Å²) >= 11 is 0. The predicted molar refractivity (Wildman–Crippen MR) is 53.8 cm³/mol. The highest BCUT2D eigenvalue weighted by Gasteiger charge is 2.43. The summed E-state index contributed by atoms with van der Waals surface area (Å²) in [4.78, 5) is 0. The maximum atomic E-state index is 11.9. The molecule has 0 unspecified atom stereocenters. The van der Waals surface area contributed by atoms with E-state index < -0.39 is 18.2 Å². The van der Waals surface area contributed by atoms with Crippen LogP contribution in [-0.4, -0.2) is 24.8 Å². The Morgan fingerprint density at radius 1 is 1.29 bits per heavy atom. The lowest BCUT2D eigenvalue weighted by molar-refractivity contribution is -0.0798. The summed E-state index contributed by atoms with van der Waals surface area (Å²) < 4.78 is 45.3. The van der Waals surface area contributed by atoms with Gasteiger partial charge in [-0.1, -0.05) is 30.3 Å². The van der Waals surface area contributed by atoms with Crippen LogP contribution in [0.2, 0.25) is 0 Å². The van der Waals surface area contributed by atoms with Crippen molar-refractivity contribution >= 4 is 5.90 Å². The predicted octanol–water partition coefficient (Wildman–Crippen LogP) is 2.68. The lowest BCUT2D eigenvalue weighted by atomic mass is 10.1. The van der Waals surface area contributed by atoms with Gasteiger partial charge in [0.2, 0.25) is 0 Å². The van der Waals surface area contributed by atoms with Crippen LogP contribution in [-0.2, 0) is 9.47 Å². The van der Waals surface area contributed by atoms with E-state index in [1.807, 2.05) is 30.3 Å². The zero-order chi connectivity index (χ0) is 12.5. The number of epoxide rings is 1. The molecule has 1 N–H and O–H groups in total. The van der Waals surface area contributed by atoms with Gasteiger partial charge in [-0.15, -0.1) is 0 Å². The summed E-state index contributed by atoms with van der Waals surface area (Å²) in [6.07, 6.45) is -5.35. The third-order valence-electron chi connectivity index (χ3n) is 2.36. The number of nitrogens with one attached hydrogen (secondary N) is 1. The van der Waals surface area contributed by atoms with E-state index >= 15 is 0 Å². The van der Waals surface area contributed by atoms with Crippen LogP contribution in [0, 0.1) is 5.41 Å². The van der Waals surface area contributed by atoms with E-state index in [-0.39, 0.29) is 12.7 Å². The summed E-state index contributed by atoms with van der Waals surface area (Å²) in [5.41, 5.74) is 0.902. The average Bonchev–Trinajstić information content (AvgIpc) is 3.05. The highest BCUT2D eigenvalue weighted by Crippen LogP contribution is 2.38. The maximum absolute atomic E-state index is 11.9. The molecule has 0 spiro atoms. The smallest absolute Gasteiger partial charge is 0.467 e. The van der Waals surface area contributed by atoms with Crippen molar-refractivity contribution in [3.8, 4) is 0 Å². The fraction of sp³-hybridized carbons (Fsp3) is 0.364. The molecular weight excluding hydrogens is 235 g/mol. The van der Waals surface area contributed by atoms with E-state index in [4.69, 9.17) is 10.1 Å². The standard InChI is InChI=1S/C11H10F3NO2/c12-11(13,14)10(15)16-6-8-9(17-8)7-4-2-1-3-5-7/h1-5,8-9,15H,6H2/t8-,9-/m0/s1. The second-order valence-electron chi connectivity index (χ2n) is 3.64. The first kappa shape index (κ1) is 11.9. The van der Waals surface area contributed by atoms with Gasteiger partial charge in [0.05, 0.1) is 0 Å². The van der Waals surface area contributed by atoms with Crippen LogP contribution in [0.1, 0.15) is 11.7 Å². The third-order valence-corrected chi connectivity index (χ3v) is 2.36. The van der Waals surface area contributed by atoms with Crippen LogP contribution < -0.4 is 0 Å². The van der Waals surface area contributed by atoms with Gasteiger partial charge >= 0.3 is 6.18 Å². The van der Waals surface area contributed by atoms with Gasteiger partial charge in [-0.2, -0.15) is 13.2 Å². The van der Waals surface area contributed by atoms with E-state index in [2.05, 4.69) is 4.74 Å². The molecule has 1 saturated heterocycles. The average molecular weight is 245 g/mol. The number of halogens is 3. The van der Waals surface area contributed by atoms with E-state index in [0.717, 1.165) is 5.56 Å². The highest BCUT2D eigenvalue weighted by molar-refractivity contribution is 5.78. The molecule has 0 radical (unpaired) electrons. The normalized spacial score (nSPS) is 23.2. The molecule has 1 fully saturated rings. The molecule has 1 aliphatic heterocycles. The van der Waals surface area contributed by atoms with Crippen LogP contribution in [0.15, 0.2) is 30.3 Å². The molecule has 1 aromatic rings. The third kappa shape index (κ3) is 2.97. The SMILES string of the molecule is N=C(OC[C@@H]1O[C@H]1c1ccccc1)C(F)(F)F. The van der Waals surface area contributed by atoms with Gasteiger partial charge in [0.25, 0.3) is 5.90 Å². The number of hydrogen-bond acceptors (Lipinski definition) is 3. The minimum absolute atomic E-state index is 0.225. The van der Waals surface area contributed by atoms with Gasteiger partial charge in [-0.05, 0) is 5.56 Å². The number of hydrogen-bond donors (Lipinski definition) is 1. The van der Waals surface area contributed by atoms with Crippen molar-refractivity contribution in [3.63, 3.8) is 0 Å². The Hall–Kier alpha value is -1.56. The Labute approximate surface area is 95.7 Å². The molecule has 3 nitrogen and oxygen atoms in total. The minimum atomic E-state index is -4.73. The van der Waals surface area contributed by atoms with Crippen molar-refractivity contribution in [3.05, 3.63) is 35.9 Å². The Balaban J connectivity index is 1.80. The van der Waals surface area contributed by atoms with Crippen molar-refractivity contribution in [1.29, 1.82) is 5.41 Å². The second kappa shape index (κ2) is 4.37. The lowest BCUT2D eigenvalue weighted by Crippen LogP contribution is -2.26. The molecule has 0 aliphatic carbocycles. The molecule has 6 heteroatoms. The quantitative estimate of drug-likeness (QED) is 0.505. The Bertz CT molecular complexity index is 405. The molecule has 17 heavy (non-hydrogen) atoms. The van der Waals surface area contributed by atoms with Gasteiger partial charge in [0.1, 0.15) is 18.8 Å². The monoisotopic (exact) mass is 245 g/mol. The maximum Gasteiger partial charge on any atom is 0.467 e. The molecule has 92 valence electrons. The first-order valence-corrected chi connectivity index (χ1v) is 4.97. The molecule has 1 aliphatic rings. The zero-order valence-corrected chi connectivity index (χ0v) is 8.70. The number of rotatable bonds is 3. The van der Waals surface area contributed by atoms with Crippen LogP contribution in [0.4, 0.5) is 13.2 Å². The molecule has 0 aromatic heterocycles. The minimum Gasteiger partial charge on any atom is -0.472 e. The van der Waals surface area contributed by atoms with Gasteiger partial charge in [-0.3, -0.25) is 5.41 Å². The summed E-state index contributed by atoms with van der Waals surface area (Å²) in [6.45, 7) is -0.252. The Kier molecular flexibility index (Phi) is 3.06. The Morgan fingerprint density at radius 2 is 1.94 bits per heavy atom. The molecule has 0 bridgehead atoms. The molecule has 1 heterocycles. The summed E-state index contributed by atoms with van der Waals surface area (Å²) in [6, 6.07) is 9.16. The van der Waals surface area contributed by atoms with Gasteiger partial charge < -0.3 is 9.47 Å². The van der Waals surface area contributed by atoms with Crippen LogP contribution >= 0.6 is 0 Å². The van der Waals surface area contributed by atoms with Crippen LogP contribution in [0.25, 0.3) is 0 Å². The second-order valence-corrected chi connectivity index (χ2v) is 3.64. The van der Waals surface area contributed by atoms with Crippen molar-refractivity contribution in [2.75, 3.05) is 6.61 Å². The van der Waals surface area contributed by atoms with E-state index in [1.54, 1.807) is 0 Å². The molecular formula is C11H10F3NO2. The number of benzene rings is 1. The Morgan fingerprint density at radius 3 is 2.53 bits per heavy atom. The van der Waals surface area contributed by atoms with Crippen molar-refractivity contribution in [1.82, 2.24) is 0 Å². The fourth-order valence-electron chi connectivity index (χ4n) is 1.45. The molecule has 0 amide bonds. The van der Waals surface area contributed by atoms with E-state index in [0.29, 0.717) is 0 Å².